The number of hydrogen-bond acceptors (Lipinski definition) is 0. The highest BCUT2D eigenvalue weighted by Gasteiger charge is 2.38. The van der Waals surface area contributed by atoms with Crippen molar-refractivity contribution in [2.24, 2.45) is 0 Å². The zero-order chi connectivity index (χ0) is 18.5. The molecule has 0 aliphatic heterocycles. The van der Waals surface area contributed by atoms with E-state index in [1.807, 2.05) is 0 Å². The first-order valence-electron chi connectivity index (χ1n) is 5.68. The summed E-state index contributed by atoms with van der Waals surface area (Å²) in [6.07, 6.45) is 0. The van der Waals surface area contributed by atoms with E-state index < -0.39 is 76.2 Å². The van der Waals surface area contributed by atoms with Crippen LogP contribution in [0, 0.1) is 52.4 Å². The van der Waals surface area contributed by atoms with E-state index in [0.29, 0.717) is 0 Å². The molecule has 0 fully saturated rings. The van der Waals surface area contributed by atoms with Gasteiger partial charge < -0.3 is 0 Å². The van der Waals surface area contributed by atoms with Crippen LogP contribution in [0.5, 0.6) is 0 Å². The maximum atomic E-state index is 13.7. The van der Waals surface area contributed by atoms with Crippen LogP contribution >= 0.6 is 0 Å². The second-order valence-electron chi connectivity index (χ2n) is 4.29. The van der Waals surface area contributed by atoms with Gasteiger partial charge in [-0.2, -0.15) is 0 Å². The highest BCUT2D eigenvalue weighted by atomic mass is 19.2. The van der Waals surface area contributed by atoms with Gasteiger partial charge in [0.05, 0.1) is 5.56 Å². The molecule has 0 aliphatic rings. The normalized spacial score (nSPS) is 11.1. The van der Waals surface area contributed by atoms with E-state index in [-0.39, 0.29) is 0 Å². The number of rotatable bonds is 2. The first-order valence-corrected chi connectivity index (χ1v) is 5.68. The molecule has 0 heterocycles. The van der Waals surface area contributed by atoms with E-state index >= 15 is 0 Å². The summed E-state index contributed by atoms with van der Waals surface area (Å²) in [5, 5.41) is 0. The topological polar surface area (TPSA) is 0 Å². The van der Waals surface area contributed by atoms with E-state index in [9.17, 15) is 48.1 Å². The van der Waals surface area contributed by atoms with Crippen molar-refractivity contribution in [2.75, 3.05) is 0 Å². The molecule has 0 saturated heterocycles. The molecule has 24 heavy (non-hydrogen) atoms. The lowest BCUT2D eigenvalue weighted by molar-refractivity contribution is 0.379. The molecule has 0 atom stereocenters. The molecule has 0 amide bonds. The SMILES string of the molecule is FB(F)c1c(F)c(F)c(F)c(F)c1-c1c(F)c(F)c(F)c(F)c1F. The highest BCUT2D eigenvalue weighted by molar-refractivity contribution is 6.62. The average Bonchev–Trinajstić information content (AvgIpc) is 2.53. The quantitative estimate of drug-likeness (QED) is 0.324. The molecule has 0 saturated carbocycles. The van der Waals surface area contributed by atoms with Crippen LogP contribution in [0.4, 0.5) is 48.1 Å². The van der Waals surface area contributed by atoms with Gasteiger partial charge in [-0.1, -0.05) is 0 Å². The Morgan fingerprint density at radius 3 is 1.04 bits per heavy atom. The molecule has 0 N–H and O–H groups in total. The predicted octanol–water partition coefficient (Wildman–Crippen LogP) is 4.24. The van der Waals surface area contributed by atoms with Gasteiger partial charge in [0.1, 0.15) is 0 Å². The molecule has 2 rings (SSSR count). The van der Waals surface area contributed by atoms with Crippen LogP contribution in [0.15, 0.2) is 0 Å². The summed E-state index contributed by atoms with van der Waals surface area (Å²) in [5.41, 5.74) is -7.05. The Kier molecular flexibility index (Phi) is 4.51. The summed E-state index contributed by atoms with van der Waals surface area (Å²) in [7, 11) is -4.17. The van der Waals surface area contributed by atoms with E-state index in [1.165, 1.54) is 0 Å². The first-order chi connectivity index (χ1) is 11.0. The molecule has 0 radical (unpaired) electrons. The number of benzene rings is 2. The second kappa shape index (κ2) is 5.98. The highest BCUT2D eigenvalue weighted by Crippen LogP contribution is 2.34. The number of halogens is 11. The number of hydrogen-bond donors (Lipinski definition) is 0. The van der Waals surface area contributed by atoms with Gasteiger partial charge in [0.25, 0.3) is 0 Å². The third-order valence-electron chi connectivity index (χ3n) is 2.98. The molecule has 128 valence electrons. The Balaban J connectivity index is 3.10. The fourth-order valence-electron chi connectivity index (χ4n) is 1.92. The van der Waals surface area contributed by atoms with Crippen molar-refractivity contribution in [1.29, 1.82) is 0 Å². The van der Waals surface area contributed by atoms with E-state index in [2.05, 4.69) is 0 Å². The standard InChI is InChI=1S/C12BF11/c14-4-1(3(13(23)24)7(17)11(21)8(4)18)2-5(15)9(19)12(22)10(20)6(2)16. The summed E-state index contributed by atoms with van der Waals surface area (Å²) >= 11 is 0. The van der Waals surface area contributed by atoms with Crippen molar-refractivity contribution in [1.82, 2.24) is 0 Å². The maximum absolute atomic E-state index is 13.7. The van der Waals surface area contributed by atoms with Crippen LogP contribution in [-0.4, -0.2) is 7.27 Å². The van der Waals surface area contributed by atoms with Gasteiger partial charge in [0, 0.05) is 11.0 Å². The molecular weight excluding hydrogens is 364 g/mol. The lowest BCUT2D eigenvalue weighted by Crippen LogP contribution is -2.31. The van der Waals surface area contributed by atoms with Crippen molar-refractivity contribution in [3.8, 4) is 11.1 Å². The zero-order valence-electron chi connectivity index (χ0n) is 10.7. The Hall–Kier alpha value is -2.27. The van der Waals surface area contributed by atoms with Crippen molar-refractivity contribution >= 4 is 12.7 Å². The van der Waals surface area contributed by atoms with Crippen molar-refractivity contribution in [3.05, 3.63) is 52.4 Å². The van der Waals surface area contributed by atoms with Crippen LogP contribution in [0.2, 0.25) is 0 Å². The van der Waals surface area contributed by atoms with Gasteiger partial charge in [0.15, 0.2) is 46.5 Å². The minimum Gasteiger partial charge on any atom is -0.281 e. The monoisotopic (exact) mass is 364 g/mol. The van der Waals surface area contributed by atoms with Gasteiger partial charge in [-0.05, 0) is 0 Å². The van der Waals surface area contributed by atoms with Crippen LogP contribution in [-0.2, 0) is 0 Å². The smallest absolute Gasteiger partial charge is 0.281 e. The fraction of sp³-hybridized carbons (Fsp3) is 0. The Labute approximate surface area is 125 Å². The van der Waals surface area contributed by atoms with Crippen LogP contribution < -0.4 is 5.46 Å². The molecule has 0 spiro atoms. The molecular formula is C12BF11. The molecule has 2 aromatic carbocycles. The summed E-state index contributed by atoms with van der Waals surface area (Å²) in [4.78, 5) is 0. The second-order valence-corrected chi connectivity index (χ2v) is 4.29. The largest absolute Gasteiger partial charge is 0.575 e. The lowest BCUT2D eigenvalue weighted by atomic mass is 9.78. The van der Waals surface area contributed by atoms with Crippen molar-refractivity contribution in [2.45, 2.75) is 0 Å². The van der Waals surface area contributed by atoms with E-state index in [4.69, 9.17) is 0 Å². The zero-order valence-corrected chi connectivity index (χ0v) is 10.7. The van der Waals surface area contributed by atoms with Crippen LogP contribution in [0.25, 0.3) is 11.1 Å². The third-order valence-corrected chi connectivity index (χ3v) is 2.98. The van der Waals surface area contributed by atoms with Gasteiger partial charge in [-0.15, -0.1) is 0 Å². The molecule has 0 nitrogen and oxygen atoms in total. The Morgan fingerprint density at radius 1 is 0.375 bits per heavy atom. The van der Waals surface area contributed by atoms with Crippen molar-refractivity contribution in [3.63, 3.8) is 0 Å². The third kappa shape index (κ3) is 2.40. The maximum Gasteiger partial charge on any atom is 0.575 e. The molecule has 2 aromatic rings. The summed E-state index contributed by atoms with van der Waals surface area (Å²) in [5.74, 6) is -24.7. The van der Waals surface area contributed by atoms with Gasteiger partial charge in [-0.25, -0.2) is 39.5 Å². The summed E-state index contributed by atoms with van der Waals surface area (Å²) in [6, 6.07) is 0. The minimum atomic E-state index is -4.17. The molecule has 12 heteroatoms. The predicted molar refractivity (Wildman–Crippen MR) is 59.1 cm³/mol. The molecule has 0 aliphatic carbocycles. The van der Waals surface area contributed by atoms with Gasteiger partial charge in [-0.3, -0.25) is 8.63 Å². The summed E-state index contributed by atoms with van der Waals surface area (Å²) in [6.45, 7) is 0. The molecule has 0 bridgehead atoms. The Bertz CT molecular complexity index is 817. The summed E-state index contributed by atoms with van der Waals surface area (Å²) < 4.78 is 145. The van der Waals surface area contributed by atoms with Gasteiger partial charge in [0.2, 0.25) is 5.82 Å². The van der Waals surface area contributed by atoms with Crippen molar-refractivity contribution < 1.29 is 48.1 Å². The van der Waals surface area contributed by atoms with Gasteiger partial charge >= 0.3 is 7.27 Å². The van der Waals surface area contributed by atoms with E-state index in [0.717, 1.165) is 0 Å². The fourth-order valence-corrected chi connectivity index (χ4v) is 1.92. The van der Waals surface area contributed by atoms with E-state index in [1.54, 1.807) is 0 Å². The lowest BCUT2D eigenvalue weighted by Gasteiger charge is -2.14. The first kappa shape index (κ1) is 18.1. The average molecular weight is 364 g/mol. The van der Waals surface area contributed by atoms with Crippen LogP contribution in [0.3, 0.4) is 0 Å². The minimum absolute atomic E-state index is 2.31. The molecule has 0 aromatic heterocycles. The Morgan fingerprint density at radius 2 is 0.667 bits per heavy atom. The molecule has 0 unspecified atom stereocenters. The van der Waals surface area contributed by atoms with Crippen LogP contribution in [0.1, 0.15) is 0 Å².